The molecule has 7 nitrogen and oxygen atoms in total. The number of oxazole rings is 1. The average Bonchev–Trinajstić information content (AvgIpc) is 2.99. The maximum atomic E-state index is 13.5. The Morgan fingerprint density at radius 2 is 1.93 bits per heavy atom. The van der Waals surface area contributed by atoms with Crippen molar-refractivity contribution < 1.29 is 23.1 Å². The number of benzene rings is 1. The van der Waals surface area contributed by atoms with Crippen molar-refractivity contribution in [3.05, 3.63) is 47.4 Å². The number of carbonyl (C=O) groups excluding carboxylic acids is 2. The number of aryl methyl sites for hydroxylation is 2. The van der Waals surface area contributed by atoms with Crippen LogP contribution >= 0.6 is 0 Å². The van der Waals surface area contributed by atoms with Crippen LogP contribution in [-0.4, -0.2) is 34.5 Å². The van der Waals surface area contributed by atoms with Crippen LogP contribution in [0.1, 0.15) is 41.3 Å². The number of hydrogen-bond acceptors (Lipinski definition) is 5. The van der Waals surface area contributed by atoms with E-state index in [4.69, 9.17) is 9.15 Å². The van der Waals surface area contributed by atoms with Gasteiger partial charge in [0.2, 0.25) is 0 Å². The standard InChI is InChI=1S/C19H20FN3O4/c1-11-3-4-13(5-14(11)20)26-7-15(24)22-18-8-19(9-18,10-18)23-16(25)17-21-6-12(2)27-17/h3-6H,7-10H2,1-2H3,(H,22,24)(H,23,25). The normalized spacial score (nSPS) is 25.1. The van der Waals surface area contributed by atoms with Gasteiger partial charge in [-0.2, -0.15) is 0 Å². The SMILES string of the molecule is Cc1cnc(C(=O)NC23CC(NC(=O)COc4ccc(C)c(F)c4)(C2)C3)o1. The van der Waals surface area contributed by atoms with Crippen molar-refractivity contribution >= 4 is 11.8 Å². The minimum absolute atomic E-state index is 0.0500. The zero-order chi connectivity index (χ0) is 19.2. The van der Waals surface area contributed by atoms with Gasteiger partial charge in [0.05, 0.1) is 6.20 Å². The van der Waals surface area contributed by atoms with Crippen molar-refractivity contribution in [1.29, 1.82) is 0 Å². The Balaban J connectivity index is 1.23. The zero-order valence-corrected chi connectivity index (χ0v) is 15.1. The van der Waals surface area contributed by atoms with Crippen LogP contribution in [0.2, 0.25) is 0 Å². The van der Waals surface area contributed by atoms with Crippen LogP contribution in [0.3, 0.4) is 0 Å². The highest BCUT2D eigenvalue weighted by molar-refractivity contribution is 5.91. The van der Waals surface area contributed by atoms with E-state index >= 15 is 0 Å². The Morgan fingerprint density at radius 1 is 1.22 bits per heavy atom. The summed E-state index contributed by atoms with van der Waals surface area (Å²) < 4.78 is 24.1. The van der Waals surface area contributed by atoms with Gasteiger partial charge in [-0.25, -0.2) is 9.37 Å². The second kappa shape index (κ2) is 6.07. The van der Waals surface area contributed by atoms with E-state index in [9.17, 15) is 14.0 Å². The number of amides is 2. The lowest BCUT2D eigenvalue weighted by atomic mass is 9.44. The molecule has 3 aliphatic rings. The molecular weight excluding hydrogens is 353 g/mol. The summed E-state index contributed by atoms with van der Waals surface area (Å²) in [6.45, 7) is 3.20. The largest absolute Gasteiger partial charge is 0.484 e. The Hall–Kier alpha value is -2.90. The van der Waals surface area contributed by atoms with Gasteiger partial charge < -0.3 is 19.8 Å². The molecule has 27 heavy (non-hydrogen) atoms. The van der Waals surface area contributed by atoms with Crippen molar-refractivity contribution in [3.63, 3.8) is 0 Å². The monoisotopic (exact) mass is 373 g/mol. The molecule has 1 aromatic carbocycles. The maximum absolute atomic E-state index is 13.5. The van der Waals surface area contributed by atoms with Gasteiger partial charge >= 0.3 is 5.91 Å². The Kier molecular flexibility index (Phi) is 3.94. The number of nitrogens with zero attached hydrogens (tertiary/aromatic N) is 1. The molecule has 3 saturated carbocycles. The third-order valence-corrected chi connectivity index (χ3v) is 5.14. The van der Waals surface area contributed by atoms with Gasteiger partial charge in [0.15, 0.2) is 6.61 Å². The third-order valence-electron chi connectivity index (χ3n) is 5.14. The molecule has 0 unspecified atom stereocenters. The second-order valence-corrected chi connectivity index (χ2v) is 7.57. The number of carbonyl (C=O) groups is 2. The molecule has 1 aromatic heterocycles. The summed E-state index contributed by atoms with van der Waals surface area (Å²) in [4.78, 5) is 28.1. The van der Waals surface area contributed by atoms with Gasteiger partial charge in [-0.1, -0.05) is 6.07 Å². The van der Waals surface area contributed by atoms with E-state index in [0.29, 0.717) is 36.3 Å². The number of ether oxygens (including phenoxy) is 1. The Morgan fingerprint density at radius 3 is 2.56 bits per heavy atom. The van der Waals surface area contributed by atoms with E-state index in [1.165, 1.54) is 12.3 Å². The fourth-order valence-corrected chi connectivity index (χ4v) is 3.95. The summed E-state index contributed by atoms with van der Waals surface area (Å²) in [5.74, 6) is -0.0301. The summed E-state index contributed by atoms with van der Waals surface area (Å²) in [6, 6.07) is 4.49. The molecule has 2 aromatic rings. The first-order valence-corrected chi connectivity index (χ1v) is 8.73. The van der Waals surface area contributed by atoms with Crippen molar-refractivity contribution in [2.24, 2.45) is 0 Å². The smallest absolute Gasteiger partial charge is 0.307 e. The molecule has 0 atom stereocenters. The van der Waals surface area contributed by atoms with E-state index in [2.05, 4.69) is 15.6 Å². The fraction of sp³-hybridized carbons (Fsp3) is 0.421. The molecule has 0 aliphatic heterocycles. The van der Waals surface area contributed by atoms with E-state index in [1.54, 1.807) is 26.0 Å². The van der Waals surface area contributed by atoms with Gasteiger partial charge in [0.25, 0.3) is 11.8 Å². The van der Waals surface area contributed by atoms with Crippen molar-refractivity contribution in [2.45, 2.75) is 44.2 Å². The second-order valence-electron chi connectivity index (χ2n) is 7.57. The fourth-order valence-electron chi connectivity index (χ4n) is 3.95. The summed E-state index contributed by atoms with van der Waals surface area (Å²) in [5.41, 5.74) is -0.0696. The molecular formula is C19H20FN3O4. The summed E-state index contributed by atoms with van der Waals surface area (Å²) in [6.07, 6.45) is 3.49. The van der Waals surface area contributed by atoms with E-state index in [-0.39, 0.29) is 41.2 Å². The highest BCUT2D eigenvalue weighted by Gasteiger charge is 2.69. The quantitative estimate of drug-likeness (QED) is 0.808. The molecule has 2 bridgehead atoms. The topological polar surface area (TPSA) is 93.5 Å². The zero-order valence-electron chi connectivity index (χ0n) is 15.1. The average molecular weight is 373 g/mol. The Labute approximate surface area is 155 Å². The first kappa shape index (κ1) is 17.5. The molecule has 3 aliphatic carbocycles. The lowest BCUT2D eigenvalue weighted by Crippen LogP contribution is -2.84. The van der Waals surface area contributed by atoms with Crippen LogP contribution in [0.5, 0.6) is 5.75 Å². The molecule has 2 N–H and O–H groups in total. The van der Waals surface area contributed by atoms with E-state index in [0.717, 1.165) is 0 Å². The third kappa shape index (κ3) is 3.27. The van der Waals surface area contributed by atoms with Crippen LogP contribution < -0.4 is 15.4 Å². The van der Waals surface area contributed by atoms with E-state index < -0.39 is 0 Å². The summed E-state index contributed by atoms with van der Waals surface area (Å²) in [5, 5.41) is 5.89. The number of hydrogen-bond donors (Lipinski definition) is 2. The van der Waals surface area contributed by atoms with Crippen LogP contribution in [-0.2, 0) is 4.79 Å². The first-order valence-electron chi connectivity index (χ1n) is 8.73. The van der Waals surface area contributed by atoms with Crippen LogP contribution in [0.15, 0.2) is 28.8 Å². The highest BCUT2D eigenvalue weighted by Crippen LogP contribution is 2.60. The molecule has 8 heteroatoms. The molecule has 1 heterocycles. The van der Waals surface area contributed by atoms with Crippen molar-refractivity contribution in [2.75, 3.05) is 6.61 Å². The van der Waals surface area contributed by atoms with Crippen molar-refractivity contribution in [3.8, 4) is 5.75 Å². The van der Waals surface area contributed by atoms with Crippen LogP contribution in [0.25, 0.3) is 0 Å². The van der Waals surface area contributed by atoms with Gasteiger partial charge in [0, 0.05) is 17.1 Å². The molecule has 5 rings (SSSR count). The summed E-state index contributed by atoms with van der Waals surface area (Å²) >= 11 is 0. The number of halogens is 1. The minimum atomic E-state index is -0.369. The minimum Gasteiger partial charge on any atom is -0.484 e. The predicted octanol–water partition coefficient (Wildman–Crippen LogP) is 2.03. The summed E-state index contributed by atoms with van der Waals surface area (Å²) in [7, 11) is 0. The number of rotatable bonds is 6. The predicted molar refractivity (Wildman–Crippen MR) is 92.8 cm³/mol. The van der Waals surface area contributed by atoms with Gasteiger partial charge in [0.1, 0.15) is 17.3 Å². The van der Waals surface area contributed by atoms with Crippen molar-refractivity contribution in [1.82, 2.24) is 15.6 Å². The number of aromatic nitrogens is 1. The van der Waals surface area contributed by atoms with Gasteiger partial charge in [-0.05, 0) is 44.7 Å². The Bertz CT molecular complexity index is 904. The lowest BCUT2D eigenvalue weighted by molar-refractivity contribution is -0.141. The molecule has 2 amide bonds. The van der Waals surface area contributed by atoms with Gasteiger partial charge in [-0.3, -0.25) is 9.59 Å². The molecule has 142 valence electrons. The van der Waals surface area contributed by atoms with Gasteiger partial charge in [-0.15, -0.1) is 0 Å². The molecule has 3 fully saturated rings. The lowest BCUT2D eigenvalue weighted by Gasteiger charge is -2.70. The number of nitrogens with one attached hydrogen (secondary N) is 2. The molecule has 0 radical (unpaired) electrons. The first-order chi connectivity index (χ1) is 12.8. The van der Waals surface area contributed by atoms with E-state index in [1.807, 2.05) is 0 Å². The highest BCUT2D eigenvalue weighted by atomic mass is 19.1. The maximum Gasteiger partial charge on any atom is 0.307 e. The molecule has 0 saturated heterocycles. The van der Waals surface area contributed by atoms with Crippen LogP contribution in [0, 0.1) is 19.7 Å². The van der Waals surface area contributed by atoms with Crippen LogP contribution in [0.4, 0.5) is 4.39 Å². The molecule has 0 spiro atoms.